The van der Waals surface area contributed by atoms with E-state index in [1.807, 2.05) is 44.2 Å². The first-order valence-corrected chi connectivity index (χ1v) is 9.14. The van der Waals surface area contributed by atoms with Gasteiger partial charge in [0.05, 0.1) is 31.0 Å². The van der Waals surface area contributed by atoms with Gasteiger partial charge >= 0.3 is 0 Å². The van der Waals surface area contributed by atoms with Crippen LogP contribution in [0.3, 0.4) is 0 Å². The molecule has 0 spiro atoms. The summed E-state index contributed by atoms with van der Waals surface area (Å²) in [7, 11) is 1.65. The summed E-state index contributed by atoms with van der Waals surface area (Å²) in [6, 6.07) is 9.76. The minimum Gasteiger partial charge on any atom is -0.497 e. The van der Waals surface area contributed by atoms with Crippen LogP contribution in [0.5, 0.6) is 11.6 Å². The number of amides is 1. The Morgan fingerprint density at radius 1 is 1.23 bits per heavy atom. The molecule has 5 nitrogen and oxygen atoms in total. The van der Waals surface area contributed by atoms with E-state index in [9.17, 15) is 4.79 Å². The Labute approximate surface area is 154 Å². The van der Waals surface area contributed by atoms with Crippen LogP contribution in [0.25, 0.3) is 0 Å². The van der Waals surface area contributed by atoms with Gasteiger partial charge < -0.3 is 14.8 Å². The van der Waals surface area contributed by atoms with Crippen molar-refractivity contribution in [3.63, 3.8) is 0 Å². The Bertz CT molecular complexity index is 765. The molecule has 2 aromatic rings. The van der Waals surface area contributed by atoms with Crippen LogP contribution in [0, 0.1) is 6.92 Å². The molecule has 1 N–H and O–H groups in total. The number of benzene rings is 1. The SMILES string of the molecule is CCOc1ncc(NC(=O)C2(c3ccc(OC)cc3)CCCC2)cc1C. The van der Waals surface area contributed by atoms with E-state index in [2.05, 4.69) is 10.3 Å². The van der Waals surface area contributed by atoms with E-state index in [4.69, 9.17) is 9.47 Å². The van der Waals surface area contributed by atoms with E-state index in [0.717, 1.165) is 42.6 Å². The number of carbonyl (C=O) groups excluding carboxylic acids is 1. The number of hydrogen-bond acceptors (Lipinski definition) is 4. The average molecular weight is 354 g/mol. The summed E-state index contributed by atoms with van der Waals surface area (Å²) in [5.74, 6) is 1.44. The van der Waals surface area contributed by atoms with Gasteiger partial charge in [-0.05, 0) is 50.5 Å². The number of nitrogens with one attached hydrogen (secondary N) is 1. The summed E-state index contributed by atoms with van der Waals surface area (Å²) in [6.07, 6.45) is 5.48. The summed E-state index contributed by atoms with van der Waals surface area (Å²) in [5, 5.41) is 3.07. The maximum Gasteiger partial charge on any atom is 0.235 e. The number of carbonyl (C=O) groups is 1. The van der Waals surface area contributed by atoms with Crippen LogP contribution in [-0.4, -0.2) is 24.6 Å². The Hall–Kier alpha value is -2.56. The van der Waals surface area contributed by atoms with Crippen molar-refractivity contribution in [2.24, 2.45) is 0 Å². The number of rotatable bonds is 6. The monoisotopic (exact) mass is 354 g/mol. The van der Waals surface area contributed by atoms with Gasteiger partial charge in [-0.25, -0.2) is 4.98 Å². The fraction of sp³-hybridized carbons (Fsp3) is 0.429. The number of pyridine rings is 1. The molecule has 0 saturated heterocycles. The van der Waals surface area contributed by atoms with Crippen molar-refractivity contribution in [3.8, 4) is 11.6 Å². The minimum atomic E-state index is -0.487. The van der Waals surface area contributed by atoms with Crippen molar-refractivity contribution >= 4 is 11.6 Å². The molecule has 0 radical (unpaired) electrons. The topological polar surface area (TPSA) is 60.5 Å². The molecule has 1 amide bonds. The van der Waals surface area contributed by atoms with Crippen LogP contribution in [-0.2, 0) is 10.2 Å². The molecule has 3 rings (SSSR count). The molecule has 0 bridgehead atoms. The Morgan fingerprint density at radius 3 is 2.50 bits per heavy atom. The highest BCUT2D eigenvalue weighted by molar-refractivity contribution is 5.99. The van der Waals surface area contributed by atoms with Crippen molar-refractivity contribution in [2.75, 3.05) is 19.0 Å². The second-order valence-corrected chi connectivity index (χ2v) is 6.75. The summed E-state index contributed by atoms with van der Waals surface area (Å²) in [6.45, 7) is 4.43. The molecule has 138 valence electrons. The van der Waals surface area contributed by atoms with E-state index in [1.54, 1.807) is 13.3 Å². The molecular weight excluding hydrogens is 328 g/mol. The third-order valence-corrected chi connectivity index (χ3v) is 5.10. The molecule has 26 heavy (non-hydrogen) atoms. The Balaban J connectivity index is 1.84. The Kier molecular flexibility index (Phi) is 5.45. The van der Waals surface area contributed by atoms with Crippen molar-refractivity contribution in [2.45, 2.75) is 44.9 Å². The normalized spacial score (nSPS) is 15.5. The highest BCUT2D eigenvalue weighted by Gasteiger charge is 2.42. The molecule has 1 aliphatic carbocycles. The van der Waals surface area contributed by atoms with Crippen molar-refractivity contribution in [3.05, 3.63) is 47.7 Å². The van der Waals surface area contributed by atoms with Crippen molar-refractivity contribution in [1.29, 1.82) is 0 Å². The lowest BCUT2D eigenvalue weighted by atomic mass is 9.78. The summed E-state index contributed by atoms with van der Waals surface area (Å²) in [4.78, 5) is 17.5. The molecule has 1 fully saturated rings. The molecule has 1 heterocycles. The van der Waals surface area contributed by atoms with Gasteiger partial charge in [0, 0.05) is 5.56 Å². The number of hydrogen-bond donors (Lipinski definition) is 1. The Morgan fingerprint density at radius 2 is 1.92 bits per heavy atom. The number of nitrogens with zero attached hydrogens (tertiary/aromatic N) is 1. The van der Waals surface area contributed by atoms with Gasteiger partial charge in [0.25, 0.3) is 0 Å². The zero-order chi connectivity index (χ0) is 18.6. The van der Waals surface area contributed by atoms with Gasteiger partial charge in [0.2, 0.25) is 11.8 Å². The second-order valence-electron chi connectivity index (χ2n) is 6.75. The van der Waals surface area contributed by atoms with Crippen LogP contribution in [0.15, 0.2) is 36.5 Å². The lowest BCUT2D eigenvalue weighted by Gasteiger charge is -2.28. The second kappa shape index (κ2) is 7.77. The number of aryl methyl sites for hydroxylation is 1. The predicted octanol–water partition coefficient (Wildman–Crippen LogP) is 4.25. The van der Waals surface area contributed by atoms with Crippen LogP contribution >= 0.6 is 0 Å². The van der Waals surface area contributed by atoms with Crippen molar-refractivity contribution in [1.82, 2.24) is 4.98 Å². The number of anilines is 1. The molecule has 1 aromatic carbocycles. The van der Waals surface area contributed by atoms with Crippen LogP contribution < -0.4 is 14.8 Å². The molecule has 0 aliphatic heterocycles. The average Bonchev–Trinajstić information content (AvgIpc) is 3.15. The molecule has 1 aromatic heterocycles. The van der Waals surface area contributed by atoms with E-state index in [1.165, 1.54) is 0 Å². The summed E-state index contributed by atoms with van der Waals surface area (Å²) >= 11 is 0. The highest BCUT2D eigenvalue weighted by atomic mass is 16.5. The van der Waals surface area contributed by atoms with Gasteiger partial charge in [0.1, 0.15) is 5.75 Å². The van der Waals surface area contributed by atoms with E-state index >= 15 is 0 Å². The molecule has 1 aliphatic rings. The minimum absolute atomic E-state index is 0.0329. The van der Waals surface area contributed by atoms with E-state index in [-0.39, 0.29) is 5.91 Å². The smallest absolute Gasteiger partial charge is 0.235 e. The van der Waals surface area contributed by atoms with E-state index < -0.39 is 5.41 Å². The maximum absolute atomic E-state index is 13.2. The fourth-order valence-corrected chi connectivity index (χ4v) is 3.70. The number of methoxy groups -OCH3 is 1. The maximum atomic E-state index is 13.2. The van der Waals surface area contributed by atoms with Gasteiger partial charge in [-0.1, -0.05) is 25.0 Å². The number of aromatic nitrogens is 1. The molecular formula is C21H26N2O3. The predicted molar refractivity (Wildman–Crippen MR) is 102 cm³/mol. The quantitative estimate of drug-likeness (QED) is 0.842. The first-order valence-electron chi connectivity index (χ1n) is 9.14. The lowest BCUT2D eigenvalue weighted by molar-refractivity contribution is -0.121. The molecule has 0 unspecified atom stereocenters. The van der Waals surface area contributed by atoms with Gasteiger partial charge in [-0.2, -0.15) is 0 Å². The van der Waals surface area contributed by atoms with Gasteiger partial charge in [-0.15, -0.1) is 0 Å². The van der Waals surface area contributed by atoms with Crippen molar-refractivity contribution < 1.29 is 14.3 Å². The molecule has 0 atom stereocenters. The zero-order valence-electron chi connectivity index (χ0n) is 15.7. The van der Waals surface area contributed by atoms with Gasteiger partial charge in [0.15, 0.2) is 0 Å². The summed E-state index contributed by atoms with van der Waals surface area (Å²) in [5.41, 5.74) is 2.17. The summed E-state index contributed by atoms with van der Waals surface area (Å²) < 4.78 is 10.7. The van der Waals surface area contributed by atoms with Crippen LogP contribution in [0.4, 0.5) is 5.69 Å². The third kappa shape index (κ3) is 3.52. The largest absolute Gasteiger partial charge is 0.497 e. The van der Waals surface area contributed by atoms with Crippen LogP contribution in [0.2, 0.25) is 0 Å². The fourth-order valence-electron chi connectivity index (χ4n) is 3.70. The zero-order valence-corrected chi connectivity index (χ0v) is 15.7. The first-order chi connectivity index (χ1) is 12.6. The van der Waals surface area contributed by atoms with E-state index in [0.29, 0.717) is 18.2 Å². The number of ether oxygens (including phenoxy) is 2. The first kappa shape index (κ1) is 18.2. The highest BCUT2D eigenvalue weighted by Crippen LogP contribution is 2.42. The standard InChI is InChI=1S/C21H26N2O3/c1-4-26-19-15(2)13-17(14-22-19)23-20(24)21(11-5-6-12-21)16-7-9-18(25-3)10-8-16/h7-10,13-14H,4-6,11-12H2,1-3H3,(H,23,24). The third-order valence-electron chi connectivity index (χ3n) is 5.10. The molecule has 1 saturated carbocycles. The molecule has 5 heteroatoms. The van der Waals surface area contributed by atoms with Gasteiger partial charge in [-0.3, -0.25) is 4.79 Å². The van der Waals surface area contributed by atoms with Crippen LogP contribution in [0.1, 0.15) is 43.7 Å². The lowest BCUT2D eigenvalue weighted by Crippen LogP contribution is -2.38.